The summed E-state index contributed by atoms with van der Waals surface area (Å²) >= 11 is 9.92. The number of aromatic nitrogens is 2. The van der Waals surface area contributed by atoms with E-state index in [0.29, 0.717) is 16.6 Å². The van der Waals surface area contributed by atoms with Gasteiger partial charge in [-0.2, -0.15) is 0 Å². The third-order valence-corrected chi connectivity index (χ3v) is 7.13. The van der Waals surface area contributed by atoms with Gasteiger partial charge in [0.25, 0.3) is 5.91 Å². The monoisotopic (exact) mass is 463 g/mol. The van der Waals surface area contributed by atoms with Gasteiger partial charge in [0.05, 0.1) is 11.7 Å². The van der Waals surface area contributed by atoms with Gasteiger partial charge in [-0.3, -0.25) is 9.69 Å². The smallest absolute Gasteiger partial charge is 0.279 e. The van der Waals surface area contributed by atoms with Gasteiger partial charge in [0, 0.05) is 16.8 Å². The van der Waals surface area contributed by atoms with E-state index in [1.807, 2.05) is 30.0 Å². The second-order valence-corrected chi connectivity index (χ2v) is 9.79. The van der Waals surface area contributed by atoms with Crippen LogP contribution in [-0.4, -0.2) is 15.5 Å². The topological polar surface area (TPSA) is 38.1 Å². The van der Waals surface area contributed by atoms with E-state index >= 15 is 0 Å². The molecule has 2 aromatic rings. The number of halogens is 2. The number of carbonyl (C=O) groups is 1. The molecule has 2 aliphatic rings. The molecule has 0 N–H and O–H groups in total. The highest BCUT2D eigenvalue weighted by Gasteiger charge is 2.47. The summed E-state index contributed by atoms with van der Waals surface area (Å²) in [6, 6.07) is 6.04. The lowest BCUT2D eigenvalue weighted by Crippen LogP contribution is -2.35. The first kappa shape index (κ1) is 20.0. The molecule has 28 heavy (non-hydrogen) atoms. The van der Waals surface area contributed by atoms with Crippen LogP contribution in [0, 0.1) is 18.8 Å². The van der Waals surface area contributed by atoms with Gasteiger partial charge in [-0.15, -0.1) is 0 Å². The summed E-state index contributed by atoms with van der Waals surface area (Å²) in [6.45, 7) is 8.66. The Balaban J connectivity index is 1.88. The first-order valence-electron chi connectivity index (χ1n) is 10.2. The molecule has 1 aliphatic carbocycles. The van der Waals surface area contributed by atoms with Gasteiger partial charge in [-0.1, -0.05) is 37.4 Å². The van der Waals surface area contributed by atoms with Crippen LogP contribution in [0.15, 0.2) is 22.9 Å². The Morgan fingerprint density at radius 2 is 1.89 bits per heavy atom. The lowest BCUT2D eigenvalue weighted by molar-refractivity contribution is 0.0975. The Hall–Kier alpha value is -1.33. The van der Waals surface area contributed by atoms with Crippen LogP contribution in [-0.2, 0) is 0 Å². The highest BCUT2D eigenvalue weighted by Crippen LogP contribution is 2.49. The molecule has 1 aliphatic heterocycles. The molecule has 6 heteroatoms. The molecule has 1 atom stereocenters. The standard InChI is InChI=1S/C22H27BrClN3O/c1-12(2)26-20-18(25-22(26)23)21(28)27(17-11-16(24)10-7-14(17)4)19(20)15-8-5-13(3)6-9-15/h7,10-13,15,19H,5-6,8-9H2,1-4H3/t13-,15-,19?. The maximum atomic E-state index is 13.6. The Kier molecular flexibility index (Phi) is 5.34. The quantitative estimate of drug-likeness (QED) is 0.506. The van der Waals surface area contributed by atoms with Crippen LogP contribution in [0.25, 0.3) is 0 Å². The van der Waals surface area contributed by atoms with Crippen molar-refractivity contribution in [1.29, 1.82) is 0 Å². The number of rotatable bonds is 3. The minimum atomic E-state index is -0.0101. The lowest BCUT2D eigenvalue weighted by Gasteiger charge is -2.37. The van der Waals surface area contributed by atoms with Crippen LogP contribution in [0.5, 0.6) is 0 Å². The number of anilines is 1. The van der Waals surface area contributed by atoms with Gasteiger partial charge >= 0.3 is 0 Å². The number of imidazole rings is 1. The molecule has 1 saturated carbocycles. The number of hydrogen-bond acceptors (Lipinski definition) is 2. The summed E-state index contributed by atoms with van der Waals surface area (Å²) in [5.74, 6) is 1.18. The Morgan fingerprint density at radius 1 is 1.21 bits per heavy atom. The minimum absolute atomic E-state index is 0.00775. The van der Waals surface area contributed by atoms with Crippen LogP contribution < -0.4 is 4.90 Å². The SMILES string of the molecule is Cc1ccc(Cl)cc1N1C(=O)c2nc(Br)n(C(C)C)c2C1[C@H]1CC[C@H](C)CC1. The number of benzene rings is 1. The van der Waals surface area contributed by atoms with E-state index in [1.165, 1.54) is 12.8 Å². The highest BCUT2D eigenvalue weighted by molar-refractivity contribution is 9.10. The number of nitrogens with zero attached hydrogens (tertiary/aromatic N) is 3. The first-order chi connectivity index (χ1) is 13.3. The summed E-state index contributed by atoms with van der Waals surface area (Å²) < 4.78 is 2.94. The fraction of sp³-hybridized carbons (Fsp3) is 0.545. The maximum absolute atomic E-state index is 13.6. The molecule has 1 amide bonds. The van der Waals surface area contributed by atoms with E-state index in [4.69, 9.17) is 11.6 Å². The molecule has 4 rings (SSSR count). The van der Waals surface area contributed by atoms with Gasteiger partial charge in [-0.05, 0) is 79.1 Å². The highest BCUT2D eigenvalue weighted by atomic mass is 79.9. The molecule has 1 aromatic heterocycles. The minimum Gasteiger partial charge on any atom is -0.317 e. The number of carbonyl (C=O) groups excluding carboxylic acids is 1. The zero-order chi connectivity index (χ0) is 20.2. The third kappa shape index (κ3) is 3.21. The van der Waals surface area contributed by atoms with Crippen molar-refractivity contribution in [2.75, 3.05) is 4.90 Å². The average molecular weight is 465 g/mol. The first-order valence-corrected chi connectivity index (χ1v) is 11.3. The molecular weight excluding hydrogens is 438 g/mol. The van der Waals surface area contributed by atoms with Gasteiger partial charge in [0.2, 0.25) is 0 Å². The van der Waals surface area contributed by atoms with Gasteiger partial charge < -0.3 is 4.57 Å². The fourth-order valence-electron chi connectivity index (χ4n) is 4.85. The van der Waals surface area contributed by atoms with E-state index in [9.17, 15) is 4.79 Å². The molecule has 0 saturated heterocycles. The molecule has 1 aromatic carbocycles. The van der Waals surface area contributed by atoms with E-state index in [1.54, 1.807) is 0 Å². The van der Waals surface area contributed by atoms with Crippen LogP contribution in [0.3, 0.4) is 0 Å². The number of aryl methyl sites for hydroxylation is 1. The average Bonchev–Trinajstić information content (AvgIpc) is 3.11. The van der Waals surface area contributed by atoms with Crippen LogP contribution in [0.4, 0.5) is 5.69 Å². The molecule has 0 radical (unpaired) electrons. The van der Waals surface area contributed by atoms with Crippen molar-refractivity contribution in [1.82, 2.24) is 9.55 Å². The second-order valence-electron chi connectivity index (χ2n) is 8.65. The Labute approximate surface area is 180 Å². The number of amides is 1. The zero-order valence-electron chi connectivity index (χ0n) is 16.9. The summed E-state index contributed by atoms with van der Waals surface area (Å²) in [5, 5.41) is 0.655. The largest absolute Gasteiger partial charge is 0.317 e. The lowest BCUT2D eigenvalue weighted by atomic mass is 9.78. The predicted octanol–water partition coefficient (Wildman–Crippen LogP) is 6.72. The zero-order valence-corrected chi connectivity index (χ0v) is 19.2. The van der Waals surface area contributed by atoms with Crippen molar-refractivity contribution >= 4 is 39.1 Å². The molecule has 0 bridgehead atoms. The van der Waals surface area contributed by atoms with E-state index in [0.717, 1.165) is 40.4 Å². The van der Waals surface area contributed by atoms with Gasteiger partial charge in [-0.25, -0.2) is 4.98 Å². The summed E-state index contributed by atoms with van der Waals surface area (Å²) in [5.41, 5.74) is 3.62. The van der Waals surface area contributed by atoms with Crippen molar-refractivity contribution < 1.29 is 4.79 Å². The number of hydrogen-bond donors (Lipinski definition) is 0. The maximum Gasteiger partial charge on any atom is 0.279 e. The van der Waals surface area contributed by atoms with Crippen molar-refractivity contribution in [3.8, 4) is 0 Å². The normalized spacial score (nSPS) is 24.9. The van der Waals surface area contributed by atoms with Crippen molar-refractivity contribution in [3.05, 3.63) is 44.9 Å². The summed E-state index contributed by atoms with van der Waals surface area (Å²) in [6.07, 6.45) is 4.69. The fourth-order valence-corrected chi connectivity index (χ4v) is 5.79. The molecule has 1 fully saturated rings. The molecule has 1 unspecified atom stereocenters. The molecule has 0 spiro atoms. The summed E-state index contributed by atoms with van der Waals surface area (Å²) in [4.78, 5) is 20.2. The van der Waals surface area contributed by atoms with Gasteiger partial charge in [0.15, 0.2) is 10.4 Å². The van der Waals surface area contributed by atoms with E-state index in [2.05, 4.69) is 46.3 Å². The predicted molar refractivity (Wildman–Crippen MR) is 117 cm³/mol. The Morgan fingerprint density at radius 3 is 2.54 bits per heavy atom. The molecule has 2 heterocycles. The number of fused-ring (bicyclic) bond motifs is 1. The molecule has 4 nitrogen and oxygen atoms in total. The van der Waals surface area contributed by atoms with Crippen molar-refractivity contribution in [2.24, 2.45) is 11.8 Å². The van der Waals surface area contributed by atoms with Crippen molar-refractivity contribution in [2.45, 2.75) is 65.5 Å². The van der Waals surface area contributed by atoms with Gasteiger partial charge in [0.1, 0.15) is 0 Å². The van der Waals surface area contributed by atoms with Crippen molar-refractivity contribution in [3.63, 3.8) is 0 Å². The van der Waals surface area contributed by atoms with E-state index in [-0.39, 0.29) is 18.0 Å². The molecular formula is C22H27BrClN3O. The third-order valence-electron chi connectivity index (χ3n) is 6.34. The Bertz CT molecular complexity index is 915. The van der Waals surface area contributed by atoms with Crippen LogP contribution >= 0.6 is 27.5 Å². The van der Waals surface area contributed by atoms with E-state index < -0.39 is 0 Å². The second kappa shape index (κ2) is 7.49. The van der Waals surface area contributed by atoms with Crippen LogP contribution in [0.2, 0.25) is 5.02 Å². The molecule has 150 valence electrons. The summed E-state index contributed by atoms with van der Waals surface area (Å²) in [7, 11) is 0. The van der Waals surface area contributed by atoms with Crippen LogP contribution in [0.1, 0.15) is 80.3 Å².